The zero-order valence-electron chi connectivity index (χ0n) is 8.91. The minimum absolute atomic E-state index is 0.297. The smallest absolute Gasteiger partial charge is 0.150 e. The first-order valence-corrected chi connectivity index (χ1v) is 5.77. The highest BCUT2D eigenvalue weighted by Crippen LogP contribution is 2.31. The van der Waals surface area contributed by atoms with Crippen molar-refractivity contribution in [3.05, 3.63) is 16.1 Å². The fraction of sp³-hybridized carbons (Fsp3) is 0.500. The summed E-state index contributed by atoms with van der Waals surface area (Å²) in [5.74, 6) is 0.950. The van der Waals surface area contributed by atoms with Gasteiger partial charge in [-0.05, 0) is 12.5 Å². The van der Waals surface area contributed by atoms with Gasteiger partial charge in [0.15, 0.2) is 0 Å². The maximum Gasteiger partial charge on any atom is 0.150 e. The average Bonchev–Trinajstić information content (AvgIpc) is 2.75. The van der Waals surface area contributed by atoms with Gasteiger partial charge in [-0.1, -0.05) is 23.2 Å². The molecule has 0 radical (unpaired) electrons. The number of likely N-dealkylation sites (N-methyl/N-ethyl adjacent to an activating group) is 1. The summed E-state index contributed by atoms with van der Waals surface area (Å²) in [4.78, 5) is 6.19. The van der Waals surface area contributed by atoms with E-state index in [1.807, 2.05) is 11.9 Å². The van der Waals surface area contributed by atoms with Gasteiger partial charge in [0.25, 0.3) is 0 Å². The summed E-state index contributed by atoms with van der Waals surface area (Å²) in [6, 6.07) is 1.91. The molecule has 16 heavy (non-hydrogen) atoms. The predicted molar refractivity (Wildman–Crippen MR) is 66.3 cm³/mol. The first kappa shape index (κ1) is 11.8. The summed E-state index contributed by atoms with van der Waals surface area (Å²) in [5, 5.41) is 0.887. The molecule has 1 saturated heterocycles. The number of ether oxygens (including phenoxy) is 1. The molecule has 2 rings (SSSR count). The lowest BCUT2D eigenvalue weighted by molar-refractivity contribution is 0.193. The monoisotopic (exact) mass is 261 g/mol. The summed E-state index contributed by atoms with van der Waals surface area (Å²) >= 11 is 11.9. The van der Waals surface area contributed by atoms with E-state index in [0.29, 0.717) is 34.3 Å². The lowest BCUT2D eigenvalue weighted by Crippen LogP contribution is -2.32. The van der Waals surface area contributed by atoms with Crippen LogP contribution in [0.2, 0.25) is 10.0 Å². The number of nitrogens with zero attached hydrogens (tertiary/aromatic N) is 2. The highest BCUT2D eigenvalue weighted by molar-refractivity contribution is 6.37. The number of rotatable bonds is 2. The van der Waals surface area contributed by atoms with Crippen LogP contribution in [0.3, 0.4) is 0 Å². The van der Waals surface area contributed by atoms with Gasteiger partial charge in [-0.15, -0.1) is 0 Å². The number of hydrogen-bond acceptors (Lipinski definition) is 4. The molecule has 0 aromatic carbocycles. The highest BCUT2D eigenvalue weighted by Gasteiger charge is 2.23. The van der Waals surface area contributed by atoms with Crippen LogP contribution in [0.1, 0.15) is 6.42 Å². The van der Waals surface area contributed by atoms with Crippen molar-refractivity contribution >= 4 is 34.8 Å². The van der Waals surface area contributed by atoms with Gasteiger partial charge in [0.1, 0.15) is 11.6 Å². The fourth-order valence-electron chi connectivity index (χ4n) is 1.72. The zero-order valence-corrected chi connectivity index (χ0v) is 10.4. The maximum atomic E-state index is 6.09. The number of hydrogen-bond donors (Lipinski definition) is 1. The van der Waals surface area contributed by atoms with Crippen molar-refractivity contribution in [1.29, 1.82) is 0 Å². The van der Waals surface area contributed by atoms with Gasteiger partial charge in [0, 0.05) is 13.7 Å². The Kier molecular flexibility index (Phi) is 3.42. The van der Waals surface area contributed by atoms with E-state index in [-0.39, 0.29) is 0 Å². The molecule has 2 N–H and O–H groups in total. The molecule has 1 unspecified atom stereocenters. The lowest BCUT2D eigenvalue weighted by Gasteiger charge is -2.25. The van der Waals surface area contributed by atoms with Crippen LogP contribution in [0, 0.1) is 0 Å². The van der Waals surface area contributed by atoms with Crippen LogP contribution in [0.5, 0.6) is 0 Å². The molecule has 4 nitrogen and oxygen atoms in total. The minimum atomic E-state index is 0.297. The molecule has 0 spiro atoms. The molecule has 2 heterocycles. The van der Waals surface area contributed by atoms with Crippen LogP contribution in [0.25, 0.3) is 0 Å². The number of anilines is 2. The van der Waals surface area contributed by atoms with Crippen LogP contribution < -0.4 is 10.6 Å². The Balaban J connectivity index is 2.28. The molecule has 1 fully saturated rings. The van der Waals surface area contributed by atoms with Crippen LogP contribution in [-0.4, -0.2) is 31.3 Å². The number of aromatic nitrogens is 1. The largest absolute Gasteiger partial charge is 0.382 e. The van der Waals surface area contributed by atoms with Gasteiger partial charge in [-0.2, -0.15) is 0 Å². The van der Waals surface area contributed by atoms with E-state index in [1.54, 1.807) is 6.07 Å². The molecule has 0 amide bonds. The van der Waals surface area contributed by atoms with E-state index in [0.717, 1.165) is 13.0 Å². The predicted octanol–water partition coefficient (Wildman–Crippen LogP) is 2.20. The van der Waals surface area contributed by atoms with Crippen molar-refractivity contribution in [3.63, 3.8) is 0 Å². The van der Waals surface area contributed by atoms with Crippen molar-refractivity contribution in [1.82, 2.24) is 4.98 Å². The van der Waals surface area contributed by atoms with E-state index in [9.17, 15) is 0 Å². The van der Waals surface area contributed by atoms with Gasteiger partial charge in [0.2, 0.25) is 0 Å². The third-order valence-corrected chi connectivity index (χ3v) is 3.31. The third-order valence-electron chi connectivity index (χ3n) is 2.73. The minimum Gasteiger partial charge on any atom is -0.382 e. The van der Waals surface area contributed by atoms with Crippen LogP contribution in [0.4, 0.5) is 11.6 Å². The molecule has 0 aliphatic carbocycles. The third kappa shape index (κ3) is 2.19. The Bertz CT molecular complexity index is 394. The van der Waals surface area contributed by atoms with Gasteiger partial charge < -0.3 is 15.4 Å². The van der Waals surface area contributed by atoms with Crippen LogP contribution in [0.15, 0.2) is 6.07 Å². The Morgan fingerprint density at radius 3 is 2.88 bits per heavy atom. The summed E-state index contributed by atoms with van der Waals surface area (Å²) in [6.45, 7) is 1.47. The first-order valence-electron chi connectivity index (χ1n) is 5.01. The van der Waals surface area contributed by atoms with Crippen molar-refractivity contribution in [3.8, 4) is 0 Å². The summed E-state index contributed by atoms with van der Waals surface area (Å²) in [5.41, 5.74) is 5.67. The standard InChI is InChI=1S/C10H13Cl2N3O/c1-15(6-2-3-16-5-6)10-8(12)4-7(11)9(13)14-10/h4,6H,2-3,5H2,1H3,(H2,13,14). The Hall–Kier alpha value is -0.710. The number of nitrogen functional groups attached to an aromatic ring is 1. The Labute approximate surface area is 104 Å². The second-order valence-corrected chi connectivity index (χ2v) is 4.60. The van der Waals surface area contributed by atoms with E-state index in [1.165, 1.54) is 0 Å². The average molecular weight is 262 g/mol. The molecule has 0 saturated carbocycles. The molecule has 1 aliphatic rings. The topological polar surface area (TPSA) is 51.4 Å². The molecular weight excluding hydrogens is 249 g/mol. The van der Waals surface area contributed by atoms with Crippen molar-refractivity contribution in [2.24, 2.45) is 0 Å². The van der Waals surface area contributed by atoms with E-state index in [4.69, 9.17) is 33.7 Å². The molecule has 1 aromatic rings. The van der Waals surface area contributed by atoms with Crippen molar-refractivity contribution in [2.45, 2.75) is 12.5 Å². The van der Waals surface area contributed by atoms with E-state index in [2.05, 4.69) is 4.98 Å². The van der Waals surface area contributed by atoms with Gasteiger partial charge in [-0.25, -0.2) is 4.98 Å². The summed E-state index contributed by atoms with van der Waals surface area (Å²) < 4.78 is 5.32. The quantitative estimate of drug-likeness (QED) is 0.887. The molecule has 88 valence electrons. The second kappa shape index (κ2) is 4.65. The summed E-state index contributed by atoms with van der Waals surface area (Å²) in [6.07, 6.45) is 0.969. The second-order valence-electron chi connectivity index (χ2n) is 3.79. The van der Waals surface area contributed by atoms with Crippen LogP contribution >= 0.6 is 23.2 Å². The van der Waals surface area contributed by atoms with Crippen molar-refractivity contribution < 1.29 is 4.74 Å². The van der Waals surface area contributed by atoms with E-state index < -0.39 is 0 Å². The molecule has 1 aliphatic heterocycles. The SMILES string of the molecule is CN(c1nc(N)c(Cl)cc1Cl)C1CCOC1. The number of nitrogens with two attached hydrogens (primary N) is 1. The molecule has 1 aromatic heterocycles. The number of halogens is 2. The lowest BCUT2D eigenvalue weighted by atomic mass is 10.2. The molecular formula is C10H13Cl2N3O. The fourth-order valence-corrected chi connectivity index (χ4v) is 2.21. The van der Waals surface area contributed by atoms with E-state index >= 15 is 0 Å². The number of pyridine rings is 1. The summed E-state index contributed by atoms with van der Waals surface area (Å²) in [7, 11) is 1.93. The van der Waals surface area contributed by atoms with Crippen LogP contribution in [-0.2, 0) is 4.74 Å². The first-order chi connectivity index (χ1) is 7.59. The van der Waals surface area contributed by atoms with Gasteiger partial charge in [-0.3, -0.25) is 0 Å². The normalized spacial score (nSPS) is 20.1. The van der Waals surface area contributed by atoms with Gasteiger partial charge in [0.05, 0.1) is 22.7 Å². The molecule has 0 bridgehead atoms. The Morgan fingerprint density at radius 1 is 1.50 bits per heavy atom. The van der Waals surface area contributed by atoms with Gasteiger partial charge >= 0.3 is 0 Å². The molecule has 1 atom stereocenters. The highest BCUT2D eigenvalue weighted by atomic mass is 35.5. The Morgan fingerprint density at radius 2 is 2.25 bits per heavy atom. The van der Waals surface area contributed by atoms with Crippen molar-refractivity contribution in [2.75, 3.05) is 30.9 Å². The maximum absolute atomic E-state index is 6.09. The zero-order chi connectivity index (χ0) is 11.7. The molecule has 6 heteroatoms.